The van der Waals surface area contributed by atoms with Gasteiger partial charge in [0.2, 0.25) is 5.78 Å². The number of carboxylic acids is 1. The van der Waals surface area contributed by atoms with Crippen LogP contribution in [0.25, 0.3) is 11.3 Å². The molecule has 1 aliphatic carbocycles. The number of carboxylic acid groups (broad SMARTS) is 1. The number of hydrogen-bond acceptors (Lipinski definition) is 4. The van der Waals surface area contributed by atoms with Crippen LogP contribution in [-0.4, -0.2) is 38.9 Å². The van der Waals surface area contributed by atoms with Crippen molar-refractivity contribution in [2.75, 3.05) is 6.50 Å². The van der Waals surface area contributed by atoms with Crippen LogP contribution in [0, 0.1) is 0 Å². The highest BCUT2D eigenvalue weighted by Crippen LogP contribution is 2.47. The molecule has 1 aliphatic heterocycles. The van der Waals surface area contributed by atoms with Gasteiger partial charge in [-0.15, -0.1) is 0 Å². The molecule has 0 unspecified atom stereocenters. The van der Waals surface area contributed by atoms with E-state index in [0.29, 0.717) is 12.8 Å². The van der Waals surface area contributed by atoms with E-state index < -0.39 is 41.0 Å². The first kappa shape index (κ1) is 16.6. The fourth-order valence-corrected chi connectivity index (χ4v) is 4.46. The lowest BCUT2D eigenvalue weighted by Crippen LogP contribution is -2.47. The molecule has 0 bridgehead atoms. The van der Waals surface area contributed by atoms with E-state index in [-0.39, 0.29) is 5.69 Å². The van der Waals surface area contributed by atoms with E-state index in [2.05, 4.69) is 0 Å². The average molecular weight is 396 g/mol. The second kappa shape index (κ2) is 7.24. The van der Waals surface area contributed by atoms with Gasteiger partial charge in [0, 0.05) is 5.69 Å². The molecule has 1 fully saturated rings. The summed E-state index contributed by atoms with van der Waals surface area (Å²) in [6.45, 7) is -3.08. The van der Waals surface area contributed by atoms with Crippen LogP contribution in [0.15, 0.2) is 53.8 Å². The number of aliphatic hydroxyl groups is 1. The second-order valence-electron chi connectivity index (χ2n) is 7.33. The molecule has 2 aliphatic rings. The second-order valence-corrected chi connectivity index (χ2v) is 7.33. The Bertz CT molecular complexity index is 1100. The number of carbonyl (C=O) groups excluding carboxylic acids is 2. The lowest BCUT2D eigenvalue weighted by atomic mass is 9.75. The van der Waals surface area contributed by atoms with Gasteiger partial charge in [0.15, 0.2) is 0 Å². The number of fused-ring (bicyclic) bond motifs is 2. The van der Waals surface area contributed by atoms with Crippen LogP contribution in [0.1, 0.15) is 45.3 Å². The topological polar surface area (TPSA) is 109 Å². The Morgan fingerprint density at radius 1 is 1.07 bits per heavy atom. The predicted octanol–water partition coefficient (Wildman–Crippen LogP) is 3.02. The van der Waals surface area contributed by atoms with Gasteiger partial charge in [0.05, 0.1) is 8.44 Å². The summed E-state index contributed by atoms with van der Waals surface area (Å²) < 4.78 is 16.7. The minimum Gasteiger partial charge on any atom is -0.509 e. The molecule has 7 nitrogen and oxygen atoms in total. The number of rotatable bonds is 4. The average Bonchev–Trinajstić information content (AvgIpc) is 3.20. The van der Waals surface area contributed by atoms with E-state index in [0.717, 1.165) is 30.5 Å². The van der Waals surface area contributed by atoms with E-state index in [4.69, 9.17) is 7.85 Å². The van der Waals surface area contributed by atoms with Crippen LogP contribution in [0.3, 0.4) is 0 Å². The molecule has 150 valence electrons. The molecule has 1 spiro atoms. The molecule has 1 saturated carbocycles. The molecular weight excluding hydrogens is 372 g/mol. The zero-order chi connectivity index (χ0) is 22.4. The lowest BCUT2D eigenvalue weighted by Gasteiger charge is -2.43. The van der Waals surface area contributed by atoms with Crippen molar-refractivity contribution in [1.29, 1.82) is 0 Å². The van der Waals surface area contributed by atoms with Crippen LogP contribution < -0.4 is 5.32 Å². The Hall–Kier alpha value is -3.35. The number of nitrogens with zero attached hydrogens (tertiary/aromatic N) is 1. The van der Waals surface area contributed by atoms with Crippen molar-refractivity contribution in [3.05, 3.63) is 59.5 Å². The Balaban J connectivity index is 1.88. The number of carbonyl (C=O) groups is 3. The molecular formula is C22H22N2O5. The molecule has 4 rings (SSSR count). The smallest absolute Gasteiger partial charge is 0.322 e. The molecule has 29 heavy (non-hydrogen) atoms. The van der Waals surface area contributed by atoms with E-state index in [1.807, 2.05) is 30.3 Å². The molecule has 2 aromatic rings. The van der Waals surface area contributed by atoms with E-state index in [1.54, 1.807) is 22.0 Å². The number of aliphatic hydroxyl groups excluding tert-OH is 1. The molecule has 1 aromatic heterocycles. The number of amides is 1. The summed E-state index contributed by atoms with van der Waals surface area (Å²) in [4.78, 5) is 37.1. The number of nitrogens with one attached hydrogen (secondary N) is 1. The number of Topliss-reactive ketones (excluding diaryl/α,β-unsaturated/α-hetero) is 1. The maximum absolute atomic E-state index is 13.2. The third-order valence-corrected chi connectivity index (χ3v) is 5.71. The van der Waals surface area contributed by atoms with E-state index in [9.17, 15) is 19.5 Å². The monoisotopic (exact) mass is 396 g/mol. The zero-order valence-electron chi connectivity index (χ0n) is 17.6. The number of allylic oxidation sites excluding steroid dienone is 1. The number of benzene rings is 1. The first-order valence-electron chi connectivity index (χ1n) is 10.5. The fourth-order valence-electron chi connectivity index (χ4n) is 4.46. The third kappa shape index (κ3) is 3.03. The largest absolute Gasteiger partial charge is 0.509 e. The number of aromatic nitrogens is 1. The summed E-state index contributed by atoms with van der Waals surface area (Å²) >= 11 is 0. The summed E-state index contributed by atoms with van der Waals surface area (Å²) in [6, 6.07) is 12.8. The summed E-state index contributed by atoms with van der Waals surface area (Å²) in [7, 11) is 0. The van der Waals surface area contributed by atoms with E-state index in [1.165, 1.54) is 0 Å². The standard InChI is InChI=1S/C22H22N2O5/c25-17(26)13-23-21(29)18-19(27)16-10-9-15(14-7-3-1-4-8-14)24(16)22(20(18)28)11-5-2-6-12-22/h1,3-4,7-10,28H,2,5-6,11-13H2,(H,23,29)(H,25,26)/i13D2. The molecule has 7 heteroatoms. The van der Waals surface area contributed by atoms with Gasteiger partial charge < -0.3 is 20.1 Å². The molecule has 1 aromatic carbocycles. The maximum atomic E-state index is 13.2. The van der Waals surface area contributed by atoms with Gasteiger partial charge in [0.25, 0.3) is 5.91 Å². The highest BCUT2D eigenvalue weighted by molar-refractivity contribution is 6.26. The summed E-state index contributed by atoms with van der Waals surface area (Å²) in [5.74, 6) is -4.34. The first-order valence-corrected chi connectivity index (χ1v) is 9.51. The van der Waals surface area contributed by atoms with Crippen molar-refractivity contribution in [1.82, 2.24) is 9.88 Å². The third-order valence-electron chi connectivity index (χ3n) is 5.71. The van der Waals surface area contributed by atoms with Gasteiger partial charge in [-0.25, -0.2) is 0 Å². The zero-order valence-corrected chi connectivity index (χ0v) is 15.6. The van der Waals surface area contributed by atoms with Gasteiger partial charge in [-0.05, 0) is 30.5 Å². The Morgan fingerprint density at radius 3 is 2.38 bits per heavy atom. The Labute approximate surface area is 170 Å². The minimum atomic E-state index is -3.08. The summed E-state index contributed by atoms with van der Waals surface area (Å²) in [6.07, 6.45) is 3.49. The predicted molar refractivity (Wildman–Crippen MR) is 106 cm³/mol. The molecule has 0 atom stereocenters. The van der Waals surface area contributed by atoms with Gasteiger partial charge in [-0.3, -0.25) is 14.4 Å². The Morgan fingerprint density at radius 2 is 1.72 bits per heavy atom. The molecule has 0 radical (unpaired) electrons. The Kier molecular flexibility index (Phi) is 4.14. The molecule has 1 amide bonds. The van der Waals surface area contributed by atoms with Gasteiger partial charge in [-0.1, -0.05) is 49.6 Å². The van der Waals surface area contributed by atoms with Crippen LogP contribution in [-0.2, 0) is 15.1 Å². The first-order chi connectivity index (χ1) is 14.7. The van der Waals surface area contributed by atoms with Gasteiger partial charge >= 0.3 is 5.97 Å². The van der Waals surface area contributed by atoms with Crippen LogP contribution in [0.2, 0.25) is 0 Å². The number of ketones is 1. The van der Waals surface area contributed by atoms with Gasteiger partial charge in [-0.2, -0.15) is 0 Å². The van der Waals surface area contributed by atoms with Crippen molar-refractivity contribution in [3.8, 4) is 11.3 Å². The molecule has 0 saturated heterocycles. The lowest BCUT2D eigenvalue weighted by molar-refractivity contribution is -0.137. The van der Waals surface area contributed by atoms with Crippen LogP contribution >= 0.6 is 0 Å². The van der Waals surface area contributed by atoms with Crippen molar-refractivity contribution in [3.63, 3.8) is 0 Å². The molecule has 2 heterocycles. The number of hydrogen-bond donors (Lipinski definition) is 3. The van der Waals surface area contributed by atoms with Crippen LogP contribution in [0.4, 0.5) is 0 Å². The van der Waals surface area contributed by atoms with Crippen LogP contribution in [0.5, 0.6) is 0 Å². The van der Waals surface area contributed by atoms with Gasteiger partial charge in [0.1, 0.15) is 23.4 Å². The number of aliphatic carboxylic acids is 1. The summed E-state index contributed by atoms with van der Waals surface area (Å²) in [5.41, 5.74) is 0.169. The highest BCUT2D eigenvalue weighted by atomic mass is 16.4. The van der Waals surface area contributed by atoms with Crippen molar-refractivity contribution < 1.29 is 27.3 Å². The normalized spacial score (nSPS) is 19.4. The quantitative estimate of drug-likeness (QED) is 0.689. The molecule has 3 N–H and O–H groups in total. The van der Waals surface area contributed by atoms with E-state index >= 15 is 0 Å². The minimum absolute atomic E-state index is 0.208. The SMILES string of the molecule is [2H]C([2H])(NC(=O)C1=C(O)C2(CCCCC2)n2c(ccc2-c2ccccc2)C1=O)C(=O)O. The summed E-state index contributed by atoms with van der Waals surface area (Å²) in [5, 5.41) is 22.0. The van der Waals surface area contributed by atoms with Crippen molar-refractivity contribution in [2.45, 2.75) is 37.6 Å². The highest BCUT2D eigenvalue weighted by Gasteiger charge is 2.49. The maximum Gasteiger partial charge on any atom is 0.322 e. The fraction of sp³-hybridized carbons (Fsp3) is 0.318. The van der Waals surface area contributed by atoms with Crippen molar-refractivity contribution in [2.24, 2.45) is 0 Å². The van der Waals surface area contributed by atoms with Crippen molar-refractivity contribution >= 4 is 17.7 Å².